The van der Waals surface area contributed by atoms with E-state index in [1.807, 2.05) is 30.3 Å². The van der Waals surface area contributed by atoms with Crippen molar-refractivity contribution >= 4 is 27.7 Å². The highest BCUT2D eigenvalue weighted by atomic mass is 79.9. The van der Waals surface area contributed by atoms with E-state index in [1.54, 1.807) is 25.1 Å². The van der Waals surface area contributed by atoms with Gasteiger partial charge in [0.15, 0.2) is 0 Å². The number of ether oxygens (including phenoxy) is 1. The van der Waals surface area contributed by atoms with Crippen molar-refractivity contribution in [3.63, 3.8) is 0 Å². The van der Waals surface area contributed by atoms with E-state index in [-0.39, 0.29) is 6.61 Å². The molecule has 1 aromatic carbocycles. The van der Waals surface area contributed by atoms with Crippen molar-refractivity contribution in [2.75, 3.05) is 13.7 Å². The number of thioether (sulfide) groups is 1. The first-order valence-corrected chi connectivity index (χ1v) is 8.02. The number of aromatic nitrogens is 1. The number of pyridine rings is 1. The third kappa shape index (κ3) is 4.50. The minimum absolute atomic E-state index is 0.142. The topological polar surface area (TPSA) is 42.4 Å². The fourth-order valence-corrected chi connectivity index (χ4v) is 3.19. The Morgan fingerprint density at radius 3 is 2.95 bits per heavy atom. The molecule has 0 fully saturated rings. The second-order valence-corrected chi connectivity index (χ2v) is 5.88. The van der Waals surface area contributed by atoms with Gasteiger partial charge in [-0.05, 0) is 46.3 Å². The molecule has 0 atom stereocenters. The fraction of sp³-hybridized carbons (Fsp3) is 0.188. The summed E-state index contributed by atoms with van der Waals surface area (Å²) in [6.45, 7) is -0.142. The second-order valence-electron chi connectivity index (χ2n) is 4.07. The lowest BCUT2D eigenvalue weighted by Gasteiger charge is -2.09. The van der Waals surface area contributed by atoms with Crippen LogP contribution in [0.15, 0.2) is 46.0 Å². The van der Waals surface area contributed by atoms with E-state index in [1.165, 1.54) is 0 Å². The van der Waals surface area contributed by atoms with Crippen molar-refractivity contribution in [3.8, 4) is 17.6 Å². The maximum absolute atomic E-state index is 8.76. The maximum Gasteiger partial charge on any atom is 0.122 e. The molecular weight excluding hydrogens is 350 g/mol. The highest BCUT2D eigenvalue weighted by Gasteiger charge is 2.07. The summed E-state index contributed by atoms with van der Waals surface area (Å²) >= 11 is 5.12. The Hall–Kier alpha value is -1.48. The number of rotatable bonds is 4. The van der Waals surface area contributed by atoms with Crippen LogP contribution in [0.25, 0.3) is 0 Å². The van der Waals surface area contributed by atoms with Crippen LogP contribution in [0.5, 0.6) is 5.75 Å². The van der Waals surface area contributed by atoms with Gasteiger partial charge in [0.05, 0.1) is 7.11 Å². The van der Waals surface area contributed by atoms with Gasteiger partial charge >= 0.3 is 0 Å². The summed E-state index contributed by atoms with van der Waals surface area (Å²) in [6, 6.07) is 9.61. The molecule has 0 aliphatic heterocycles. The van der Waals surface area contributed by atoms with Crippen molar-refractivity contribution in [2.24, 2.45) is 0 Å². The number of methoxy groups -OCH3 is 1. The molecule has 0 spiro atoms. The van der Waals surface area contributed by atoms with E-state index < -0.39 is 0 Å². The molecule has 0 saturated heterocycles. The molecule has 1 heterocycles. The van der Waals surface area contributed by atoms with Crippen molar-refractivity contribution < 1.29 is 9.84 Å². The van der Waals surface area contributed by atoms with E-state index in [2.05, 4.69) is 32.8 Å². The van der Waals surface area contributed by atoms with E-state index in [0.717, 1.165) is 32.1 Å². The zero-order valence-electron chi connectivity index (χ0n) is 11.5. The molecule has 0 radical (unpaired) electrons. The van der Waals surface area contributed by atoms with Gasteiger partial charge in [-0.1, -0.05) is 11.8 Å². The molecule has 0 aliphatic rings. The molecule has 2 rings (SSSR count). The Balaban J connectivity index is 2.19. The van der Waals surface area contributed by atoms with Gasteiger partial charge in [0, 0.05) is 27.5 Å². The van der Waals surface area contributed by atoms with Crippen LogP contribution in [0.2, 0.25) is 0 Å². The molecule has 0 amide bonds. The van der Waals surface area contributed by atoms with Gasteiger partial charge in [-0.2, -0.15) is 0 Å². The first-order valence-electron chi connectivity index (χ1n) is 6.24. The summed E-state index contributed by atoms with van der Waals surface area (Å²) < 4.78 is 6.36. The maximum atomic E-state index is 8.76. The number of hydrogen-bond acceptors (Lipinski definition) is 4. The standard InChI is InChI=1S/C16H14BrNO2S/c1-20-15-7-6-12(4-3-9-19)10-13(15)11-21-16-14(17)5-2-8-18-16/h2,5-8,10,19H,9,11H2,1H3. The molecule has 3 nitrogen and oxygen atoms in total. The van der Waals surface area contributed by atoms with Crippen LogP contribution in [0.4, 0.5) is 0 Å². The highest BCUT2D eigenvalue weighted by Crippen LogP contribution is 2.31. The zero-order chi connectivity index (χ0) is 15.1. The van der Waals surface area contributed by atoms with Crippen LogP contribution in [0, 0.1) is 11.8 Å². The largest absolute Gasteiger partial charge is 0.496 e. The zero-order valence-corrected chi connectivity index (χ0v) is 13.9. The van der Waals surface area contributed by atoms with Gasteiger partial charge in [0.2, 0.25) is 0 Å². The molecule has 108 valence electrons. The van der Waals surface area contributed by atoms with E-state index >= 15 is 0 Å². The Labute approximate surface area is 136 Å². The van der Waals surface area contributed by atoms with Gasteiger partial charge in [-0.15, -0.1) is 11.8 Å². The predicted molar refractivity (Wildman–Crippen MR) is 88.5 cm³/mol. The van der Waals surface area contributed by atoms with E-state index in [0.29, 0.717) is 0 Å². The number of hydrogen-bond donors (Lipinski definition) is 1. The second kappa shape index (κ2) is 8.08. The number of nitrogens with zero attached hydrogens (tertiary/aromatic N) is 1. The predicted octanol–water partition coefficient (Wildman–Crippen LogP) is 3.49. The molecule has 0 aliphatic carbocycles. The number of aliphatic hydroxyl groups excluding tert-OH is 1. The first-order chi connectivity index (χ1) is 10.2. The Bertz CT molecular complexity index is 679. The molecule has 2 aromatic rings. The van der Waals surface area contributed by atoms with Crippen LogP contribution < -0.4 is 4.74 Å². The van der Waals surface area contributed by atoms with Crippen molar-refractivity contribution in [2.45, 2.75) is 10.8 Å². The van der Waals surface area contributed by atoms with Crippen molar-refractivity contribution in [1.82, 2.24) is 4.98 Å². The summed E-state index contributed by atoms with van der Waals surface area (Å²) in [5.74, 6) is 7.11. The monoisotopic (exact) mass is 363 g/mol. The summed E-state index contributed by atoms with van der Waals surface area (Å²) in [6.07, 6.45) is 1.77. The van der Waals surface area contributed by atoms with Gasteiger partial charge in [0.25, 0.3) is 0 Å². The Morgan fingerprint density at radius 1 is 1.38 bits per heavy atom. The smallest absolute Gasteiger partial charge is 0.122 e. The van der Waals surface area contributed by atoms with Gasteiger partial charge < -0.3 is 9.84 Å². The van der Waals surface area contributed by atoms with Gasteiger partial charge in [0.1, 0.15) is 17.4 Å². The average Bonchev–Trinajstić information content (AvgIpc) is 2.52. The van der Waals surface area contributed by atoms with Gasteiger partial charge in [-0.25, -0.2) is 4.98 Å². The molecule has 1 N–H and O–H groups in total. The SMILES string of the molecule is COc1ccc(C#CCO)cc1CSc1ncccc1Br. The average molecular weight is 364 g/mol. The van der Waals surface area contributed by atoms with Crippen LogP contribution in [-0.4, -0.2) is 23.8 Å². The van der Waals surface area contributed by atoms with Crippen LogP contribution >= 0.6 is 27.7 Å². The quantitative estimate of drug-likeness (QED) is 0.666. The minimum Gasteiger partial charge on any atom is -0.496 e. The first kappa shape index (κ1) is 15.9. The summed E-state index contributed by atoms with van der Waals surface area (Å²) in [5, 5.41) is 9.70. The molecule has 0 unspecified atom stereocenters. The third-order valence-corrected chi connectivity index (χ3v) is 4.64. The lowest BCUT2D eigenvalue weighted by molar-refractivity contribution is 0.350. The Morgan fingerprint density at radius 2 is 2.24 bits per heavy atom. The minimum atomic E-state index is -0.142. The van der Waals surface area contributed by atoms with Crippen LogP contribution in [-0.2, 0) is 5.75 Å². The number of halogens is 1. The number of benzene rings is 1. The normalized spacial score (nSPS) is 9.86. The molecule has 21 heavy (non-hydrogen) atoms. The van der Waals surface area contributed by atoms with Crippen LogP contribution in [0.3, 0.4) is 0 Å². The highest BCUT2D eigenvalue weighted by molar-refractivity contribution is 9.10. The van der Waals surface area contributed by atoms with E-state index in [9.17, 15) is 0 Å². The van der Waals surface area contributed by atoms with Gasteiger partial charge in [-0.3, -0.25) is 0 Å². The lowest BCUT2D eigenvalue weighted by atomic mass is 10.1. The molecule has 1 aromatic heterocycles. The molecular formula is C16H14BrNO2S. The molecule has 0 bridgehead atoms. The molecule has 0 saturated carbocycles. The summed E-state index contributed by atoms with van der Waals surface area (Å²) in [7, 11) is 1.65. The van der Waals surface area contributed by atoms with E-state index in [4.69, 9.17) is 9.84 Å². The third-order valence-electron chi connectivity index (χ3n) is 2.68. The summed E-state index contributed by atoms with van der Waals surface area (Å²) in [4.78, 5) is 4.34. The van der Waals surface area contributed by atoms with Crippen LogP contribution in [0.1, 0.15) is 11.1 Å². The lowest BCUT2D eigenvalue weighted by Crippen LogP contribution is -1.92. The molecule has 5 heteroatoms. The van der Waals surface area contributed by atoms with Crippen molar-refractivity contribution in [3.05, 3.63) is 52.1 Å². The number of aliphatic hydroxyl groups is 1. The summed E-state index contributed by atoms with van der Waals surface area (Å²) in [5.41, 5.74) is 1.91. The van der Waals surface area contributed by atoms with Crippen molar-refractivity contribution in [1.29, 1.82) is 0 Å². The fourth-order valence-electron chi connectivity index (χ4n) is 1.73. The Kier molecular flexibility index (Phi) is 6.12.